The van der Waals surface area contributed by atoms with Gasteiger partial charge in [0.1, 0.15) is 6.04 Å². The van der Waals surface area contributed by atoms with Crippen LogP contribution in [0.25, 0.3) is 0 Å². The Morgan fingerprint density at radius 3 is 3.06 bits per heavy atom. The summed E-state index contributed by atoms with van der Waals surface area (Å²) in [5.74, 6) is 0. The number of anilines is 1. The zero-order valence-electron chi connectivity index (χ0n) is 11.0. The molecule has 1 aromatic carbocycles. The van der Waals surface area contributed by atoms with E-state index in [0.717, 1.165) is 32.5 Å². The van der Waals surface area contributed by atoms with Gasteiger partial charge in [-0.05, 0) is 37.4 Å². The highest BCUT2D eigenvalue weighted by molar-refractivity contribution is 5.55. The molecule has 1 aromatic rings. The summed E-state index contributed by atoms with van der Waals surface area (Å²) < 4.78 is 0. The summed E-state index contributed by atoms with van der Waals surface area (Å²) in [6.45, 7) is 4.88. The standard InChI is InChI=1S/C15H21N3/c1-2-9-17-14(11-16)12-18-10-5-7-13-6-3-4-8-15(13)18/h3-4,6,8,14,17H,2,5,7,9-10,12H2,1H3. The molecule has 1 N–H and O–H groups in total. The van der Waals surface area contributed by atoms with E-state index in [0.29, 0.717) is 0 Å². The largest absolute Gasteiger partial charge is 0.369 e. The van der Waals surface area contributed by atoms with E-state index in [4.69, 9.17) is 0 Å². The second kappa shape index (κ2) is 6.42. The highest BCUT2D eigenvalue weighted by atomic mass is 15.2. The number of fused-ring (bicyclic) bond motifs is 1. The lowest BCUT2D eigenvalue weighted by Crippen LogP contribution is -2.42. The van der Waals surface area contributed by atoms with Crippen LogP contribution >= 0.6 is 0 Å². The van der Waals surface area contributed by atoms with Crippen LogP contribution in [0.5, 0.6) is 0 Å². The zero-order valence-corrected chi connectivity index (χ0v) is 11.0. The fraction of sp³-hybridized carbons (Fsp3) is 0.533. The Balaban J connectivity index is 2.04. The second-order valence-electron chi connectivity index (χ2n) is 4.81. The molecule has 1 aliphatic rings. The predicted molar refractivity (Wildman–Crippen MR) is 74.7 cm³/mol. The summed E-state index contributed by atoms with van der Waals surface area (Å²) in [4.78, 5) is 2.34. The van der Waals surface area contributed by atoms with Crippen LogP contribution in [0, 0.1) is 11.3 Å². The molecular formula is C15H21N3. The van der Waals surface area contributed by atoms with Crippen molar-refractivity contribution in [2.75, 3.05) is 24.5 Å². The maximum Gasteiger partial charge on any atom is 0.113 e. The van der Waals surface area contributed by atoms with Crippen molar-refractivity contribution in [3.63, 3.8) is 0 Å². The molecule has 0 saturated carbocycles. The van der Waals surface area contributed by atoms with Crippen LogP contribution in [0.1, 0.15) is 25.3 Å². The summed E-state index contributed by atoms with van der Waals surface area (Å²) in [6, 6.07) is 10.8. The summed E-state index contributed by atoms with van der Waals surface area (Å²) in [5.41, 5.74) is 2.72. The van der Waals surface area contributed by atoms with Gasteiger partial charge >= 0.3 is 0 Å². The molecule has 0 spiro atoms. The molecule has 0 bridgehead atoms. The normalized spacial score (nSPS) is 15.9. The first-order chi connectivity index (χ1) is 8.85. The Morgan fingerprint density at radius 2 is 2.28 bits per heavy atom. The lowest BCUT2D eigenvalue weighted by Gasteiger charge is -2.32. The van der Waals surface area contributed by atoms with Crippen molar-refractivity contribution in [1.29, 1.82) is 5.26 Å². The molecule has 96 valence electrons. The molecular weight excluding hydrogens is 222 g/mol. The van der Waals surface area contributed by atoms with Gasteiger partial charge in [0.05, 0.1) is 6.07 Å². The van der Waals surface area contributed by atoms with Crippen molar-refractivity contribution in [3.05, 3.63) is 29.8 Å². The lowest BCUT2D eigenvalue weighted by atomic mass is 10.0. The average Bonchev–Trinajstić information content (AvgIpc) is 2.43. The quantitative estimate of drug-likeness (QED) is 0.862. The summed E-state index contributed by atoms with van der Waals surface area (Å²) >= 11 is 0. The van der Waals surface area contributed by atoms with E-state index in [2.05, 4.69) is 47.5 Å². The third-order valence-corrected chi connectivity index (χ3v) is 3.41. The van der Waals surface area contributed by atoms with E-state index in [1.165, 1.54) is 17.7 Å². The molecule has 0 aromatic heterocycles. The molecule has 3 heteroatoms. The van der Waals surface area contributed by atoms with Crippen molar-refractivity contribution < 1.29 is 0 Å². The van der Waals surface area contributed by atoms with Crippen molar-refractivity contribution in [3.8, 4) is 6.07 Å². The molecule has 0 aliphatic carbocycles. The van der Waals surface area contributed by atoms with Gasteiger partial charge in [-0.2, -0.15) is 5.26 Å². The van der Waals surface area contributed by atoms with Gasteiger partial charge in [0.15, 0.2) is 0 Å². The van der Waals surface area contributed by atoms with Crippen molar-refractivity contribution >= 4 is 5.69 Å². The number of hydrogen-bond acceptors (Lipinski definition) is 3. The van der Waals surface area contributed by atoms with Gasteiger partial charge in [0.2, 0.25) is 0 Å². The summed E-state index contributed by atoms with van der Waals surface area (Å²) in [6.07, 6.45) is 3.41. The molecule has 1 unspecified atom stereocenters. The number of aryl methyl sites for hydroxylation is 1. The highest BCUT2D eigenvalue weighted by Crippen LogP contribution is 2.26. The third-order valence-electron chi connectivity index (χ3n) is 3.41. The maximum absolute atomic E-state index is 9.19. The number of rotatable bonds is 5. The molecule has 1 heterocycles. The lowest BCUT2D eigenvalue weighted by molar-refractivity contribution is 0.565. The van der Waals surface area contributed by atoms with Crippen molar-refractivity contribution in [1.82, 2.24) is 5.32 Å². The molecule has 1 aliphatic heterocycles. The Kier molecular flexibility index (Phi) is 4.60. The van der Waals surface area contributed by atoms with Crippen LogP contribution < -0.4 is 10.2 Å². The van der Waals surface area contributed by atoms with Gasteiger partial charge in [0, 0.05) is 18.8 Å². The number of benzene rings is 1. The number of nitrogens with one attached hydrogen (secondary N) is 1. The molecule has 3 nitrogen and oxygen atoms in total. The maximum atomic E-state index is 9.19. The zero-order chi connectivity index (χ0) is 12.8. The Labute approximate surface area is 109 Å². The Bertz CT molecular complexity index is 422. The minimum atomic E-state index is -0.0730. The minimum absolute atomic E-state index is 0.0730. The fourth-order valence-electron chi connectivity index (χ4n) is 2.49. The number of hydrogen-bond donors (Lipinski definition) is 1. The fourth-order valence-corrected chi connectivity index (χ4v) is 2.49. The van der Waals surface area contributed by atoms with E-state index in [1.807, 2.05) is 0 Å². The van der Waals surface area contributed by atoms with E-state index in [9.17, 15) is 5.26 Å². The smallest absolute Gasteiger partial charge is 0.113 e. The second-order valence-corrected chi connectivity index (χ2v) is 4.81. The monoisotopic (exact) mass is 243 g/mol. The third kappa shape index (κ3) is 3.02. The molecule has 18 heavy (non-hydrogen) atoms. The molecule has 0 amide bonds. The number of nitrogens with zero attached hydrogens (tertiary/aromatic N) is 2. The van der Waals surface area contributed by atoms with Crippen LogP contribution in [0.15, 0.2) is 24.3 Å². The first-order valence-corrected chi connectivity index (χ1v) is 6.81. The van der Waals surface area contributed by atoms with Gasteiger partial charge in [-0.25, -0.2) is 0 Å². The highest BCUT2D eigenvalue weighted by Gasteiger charge is 2.19. The van der Waals surface area contributed by atoms with Gasteiger partial charge in [-0.15, -0.1) is 0 Å². The van der Waals surface area contributed by atoms with E-state index >= 15 is 0 Å². The van der Waals surface area contributed by atoms with E-state index in [1.54, 1.807) is 0 Å². The summed E-state index contributed by atoms with van der Waals surface area (Å²) in [5, 5.41) is 12.5. The Hall–Kier alpha value is -1.53. The first kappa shape index (κ1) is 12.9. The van der Waals surface area contributed by atoms with Crippen molar-refractivity contribution in [2.24, 2.45) is 0 Å². The van der Waals surface area contributed by atoms with Crippen LogP contribution in [-0.4, -0.2) is 25.7 Å². The van der Waals surface area contributed by atoms with Crippen LogP contribution in [0.4, 0.5) is 5.69 Å². The van der Waals surface area contributed by atoms with Crippen LogP contribution in [0.3, 0.4) is 0 Å². The SMILES string of the molecule is CCCNC(C#N)CN1CCCc2ccccc21. The number of para-hydroxylation sites is 1. The van der Waals surface area contributed by atoms with Gasteiger partial charge < -0.3 is 10.2 Å². The molecule has 2 rings (SSSR count). The molecule has 0 saturated heterocycles. The number of nitriles is 1. The van der Waals surface area contributed by atoms with Crippen LogP contribution in [-0.2, 0) is 6.42 Å². The van der Waals surface area contributed by atoms with Crippen molar-refractivity contribution in [2.45, 2.75) is 32.2 Å². The van der Waals surface area contributed by atoms with Gasteiger partial charge in [-0.1, -0.05) is 25.1 Å². The first-order valence-electron chi connectivity index (χ1n) is 6.81. The minimum Gasteiger partial charge on any atom is -0.369 e. The van der Waals surface area contributed by atoms with Gasteiger partial charge in [-0.3, -0.25) is 0 Å². The topological polar surface area (TPSA) is 39.1 Å². The van der Waals surface area contributed by atoms with E-state index < -0.39 is 0 Å². The average molecular weight is 243 g/mol. The van der Waals surface area contributed by atoms with Gasteiger partial charge in [0.25, 0.3) is 0 Å². The predicted octanol–water partition coefficient (Wildman–Crippen LogP) is 2.33. The van der Waals surface area contributed by atoms with Crippen LogP contribution in [0.2, 0.25) is 0 Å². The molecule has 0 radical (unpaired) electrons. The summed E-state index contributed by atoms with van der Waals surface area (Å²) in [7, 11) is 0. The molecule has 1 atom stereocenters. The Morgan fingerprint density at radius 1 is 1.44 bits per heavy atom. The molecule has 0 fully saturated rings. The van der Waals surface area contributed by atoms with E-state index in [-0.39, 0.29) is 6.04 Å².